The highest BCUT2D eigenvalue weighted by Gasteiger charge is 2.33. The third kappa shape index (κ3) is 3.26. The molecule has 0 unspecified atom stereocenters. The number of hydrogen-bond donors (Lipinski definition) is 2. The number of imidazole rings is 1. The highest BCUT2D eigenvalue weighted by molar-refractivity contribution is 6.28. The zero-order valence-electron chi connectivity index (χ0n) is 11.2. The van der Waals surface area contributed by atoms with Gasteiger partial charge in [-0.15, -0.1) is 0 Å². The zero-order valence-corrected chi connectivity index (χ0v) is 12.0. The lowest BCUT2D eigenvalue weighted by molar-refractivity contribution is -0.607. The second-order valence-electron chi connectivity index (χ2n) is 4.59. The van der Waals surface area contributed by atoms with E-state index in [0.29, 0.717) is 17.4 Å². The predicted octanol–water partition coefficient (Wildman–Crippen LogP) is 2.27. The smallest absolute Gasteiger partial charge is 0.422 e. The zero-order chi connectivity index (χ0) is 16.6. The molecule has 23 heavy (non-hydrogen) atoms. The normalized spacial score (nSPS) is 11.8. The molecule has 0 atom stereocenters. The Morgan fingerprint density at radius 3 is 2.83 bits per heavy atom. The first-order chi connectivity index (χ1) is 10.8. The summed E-state index contributed by atoms with van der Waals surface area (Å²) in [6.07, 6.45) is -1.71. The summed E-state index contributed by atoms with van der Waals surface area (Å²) in [6.45, 7) is -0.0619. The van der Waals surface area contributed by atoms with Gasteiger partial charge in [-0.1, -0.05) is 0 Å². The summed E-state index contributed by atoms with van der Waals surface area (Å²) in [7, 11) is 0. The van der Waals surface area contributed by atoms with Crippen LogP contribution in [0.25, 0.3) is 11.2 Å². The van der Waals surface area contributed by atoms with Crippen LogP contribution in [0.4, 0.5) is 19.0 Å². The molecule has 0 aliphatic rings. The third-order valence-corrected chi connectivity index (χ3v) is 3.11. The van der Waals surface area contributed by atoms with Crippen LogP contribution in [0.2, 0.25) is 5.28 Å². The van der Waals surface area contributed by atoms with E-state index in [1.807, 2.05) is 0 Å². The first-order valence-corrected chi connectivity index (χ1v) is 6.61. The van der Waals surface area contributed by atoms with Crippen molar-refractivity contribution >= 4 is 28.6 Å². The molecule has 0 aromatic carbocycles. The van der Waals surface area contributed by atoms with E-state index in [1.54, 1.807) is 0 Å². The lowest BCUT2D eigenvalue weighted by atomic mass is 10.2. The van der Waals surface area contributed by atoms with Crippen molar-refractivity contribution in [2.45, 2.75) is 12.7 Å². The van der Waals surface area contributed by atoms with Gasteiger partial charge in [0.1, 0.15) is 11.1 Å². The first-order valence-electron chi connectivity index (χ1n) is 6.23. The Balaban J connectivity index is 1.88. The quantitative estimate of drug-likeness (QED) is 0.432. The van der Waals surface area contributed by atoms with Crippen molar-refractivity contribution < 1.29 is 17.9 Å². The Kier molecular flexibility index (Phi) is 3.68. The van der Waals surface area contributed by atoms with Crippen molar-refractivity contribution in [1.29, 1.82) is 0 Å². The molecule has 0 spiro atoms. The van der Waals surface area contributed by atoms with Crippen LogP contribution in [0.3, 0.4) is 0 Å². The van der Waals surface area contributed by atoms with Gasteiger partial charge in [-0.25, -0.2) is 4.98 Å². The number of anilines is 1. The topological polar surface area (TPSA) is 93.4 Å². The molecule has 0 saturated heterocycles. The van der Waals surface area contributed by atoms with Crippen LogP contribution >= 0.6 is 11.6 Å². The Labute approximate surface area is 131 Å². The molecule has 0 saturated carbocycles. The van der Waals surface area contributed by atoms with Gasteiger partial charge >= 0.3 is 6.18 Å². The molecule has 3 rings (SSSR count). The SMILES string of the molecule is [O-][n+]1cc(CNc2nc(Cl)nc3nc[nH]c23)cc(C(F)(F)F)c1. The molecular formula is C12H8ClF3N6O. The second kappa shape index (κ2) is 5.54. The van der Waals surface area contributed by atoms with E-state index >= 15 is 0 Å². The molecule has 0 aliphatic heterocycles. The summed E-state index contributed by atoms with van der Waals surface area (Å²) in [5, 5.41) is 14.1. The van der Waals surface area contributed by atoms with E-state index in [-0.39, 0.29) is 27.9 Å². The van der Waals surface area contributed by atoms with E-state index < -0.39 is 11.7 Å². The lowest BCUT2D eigenvalue weighted by Crippen LogP contribution is -2.28. The van der Waals surface area contributed by atoms with Crippen molar-refractivity contribution in [3.8, 4) is 0 Å². The maximum atomic E-state index is 12.7. The Hall–Kier alpha value is -2.62. The molecule has 11 heteroatoms. The Bertz CT molecular complexity index is 866. The highest BCUT2D eigenvalue weighted by Crippen LogP contribution is 2.28. The molecule has 0 fully saturated rings. The number of nitrogens with zero attached hydrogens (tertiary/aromatic N) is 4. The highest BCUT2D eigenvalue weighted by atomic mass is 35.5. The number of aromatic nitrogens is 5. The molecule has 2 N–H and O–H groups in total. The van der Waals surface area contributed by atoms with Crippen LogP contribution in [0, 0.1) is 5.21 Å². The second-order valence-corrected chi connectivity index (χ2v) is 4.92. The molecule has 0 bridgehead atoms. The maximum Gasteiger partial charge on any atom is 0.422 e. The van der Waals surface area contributed by atoms with Gasteiger partial charge in [0.15, 0.2) is 23.9 Å². The maximum absolute atomic E-state index is 12.7. The number of fused-ring (bicyclic) bond motifs is 1. The van der Waals surface area contributed by atoms with E-state index in [0.717, 1.165) is 12.3 Å². The van der Waals surface area contributed by atoms with Crippen LogP contribution in [-0.2, 0) is 12.7 Å². The number of H-pyrrole nitrogens is 1. The number of alkyl halides is 3. The minimum absolute atomic E-state index is 0.0602. The molecule has 3 aromatic heterocycles. The molecule has 0 radical (unpaired) electrons. The average molecular weight is 345 g/mol. The van der Waals surface area contributed by atoms with Crippen LogP contribution in [0.1, 0.15) is 11.1 Å². The van der Waals surface area contributed by atoms with Crippen LogP contribution in [0.5, 0.6) is 0 Å². The van der Waals surface area contributed by atoms with Crippen molar-refractivity contribution in [3.63, 3.8) is 0 Å². The molecule has 3 aromatic rings. The number of nitrogens with one attached hydrogen (secondary N) is 2. The number of pyridine rings is 1. The summed E-state index contributed by atoms with van der Waals surface area (Å²) in [5.74, 6) is 0.271. The number of halogens is 4. The lowest BCUT2D eigenvalue weighted by Gasteiger charge is -2.10. The summed E-state index contributed by atoms with van der Waals surface area (Å²) in [6, 6.07) is 0.883. The van der Waals surface area contributed by atoms with Gasteiger partial charge in [-0.3, -0.25) is 0 Å². The van der Waals surface area contributed by atoms with Crippen molar-refractivity contribution in [2.24, 2.45) is 0 Å². The van der Waals surface area contributed by atoms with Crippen LogP contribution < -0.4 is 10.0 Å². The van der Waals surface area contributed by atoms with E-state index in [9.17, 15) is 18.4 Å². The molecule has 7 nitrogen and oxygen atoms in total. The number of rotatable bonds is 3. The van der Waals surface area contributed by atoms with E-state index in [1.165, 1.54) is 6.33 Å². The first kappa shape index (κ1) is 15.3. The van der Waals surface area contributed by atoms with Crippen molar-refractivity contribution in [3.05, 3.63) is 46.4 Å². The number of aromatic amines is 1. The summed E-state index contributed by atoms with van der Waals surface area (Å²) in [4.78, 5) is 14.5. The van der Waals surface area contributed by atoms with Crippen LogP contribution in [0.15, 0.2) is 24.8 Å². The van der Waals surface area contributed by atoms with Gasteiger partial charge in [0.2, 0.25) is 5.28 Å². The number of hydrogen-bond acceptors (Lipinski definition) is 5. The summed E-state index contributed by atoms with van der Waals surface area (Å²) in [5.41, 5.74) is -0.122. The summed E-state index contributed by atoms with van der Waals surface area (Å²) >= 11 is 5.75. The third-order valence-electron chi connectivity index (χ3n) is 2.95. The van der Waals surface area contributed by atoms with Crippen molar-refractivity contribution in [2.75, 3.05) is 5.32 Å². The minimum Gasteiger partial charge on any atom is -0.619 e. The predicted molar refractivity (Wildman–Crippen MR) is 74.4 cm³/mol. The van der Waals surface area contributed by atoms with Gasteiger partial charge in [0.05, 0.1) is 6.33 Å². The minimum atomic E-state index is -4.60. The van der Waals surface area contributed by atoms with Gasteiger partial charge in [0.25, 0.3) is 0 Å². The standard InChI is InChI=1S/C12H8ClF3N6O/c13-11-20-9(8-10(21-11)19-5-18-8)17-2-6-1-7(12(14,15)16)4-22(23)3-6/h1,3-5H,2H2,(H2,17,18,19,20,21). The summed E-state index contributed by atoms with van der Waals surface area (Å²) < 4.78 is 38.2. The molecule has 0 amide bonds. The molecule has 0 aliphatic carbocycles. The van der Waals surface area contributed by atoms with Crippen molar-refractivity contribution in [1.82, 2.24) is 19.9 Å². The largest absolute Gasteiger partial charge is 0.619 e. The molecule has 3 heterocycles. The fraction of sp³-hybridized carbons (Fsp3) is 0.167. The molecule has 120 valence electrons. The van der Waals surface area contributed by atoms with E-state index in [4.69, 9.17) is 11.6 Å². The van der Waals surface area contributed by atoms with Gasteiger partial charge in [0, 0.05) is 12.1 Å². The van der Waals surface area contributed by atoms with Gasteiger partial charge in [-0.2, -0.15) is 27.9 Å². The Morgan fingerprint density at radius 2 is 2.09 bits per heavy atom. The molecular weight excluding hydrogens is 337 g/mol. The van der Waals surface area contributed by atoms with E-state index in [2.05, 4.69) is 25.3 Å². The average Bonchev–Trinajstić information content (AvgIpc) is 2.91. The monoisotopic (exact) mass is 344 g/mol. The van der Waals surface area contributed by atoms with Gasteiger partial charge in [-0.05, 0) is 17.7 Å². The fourth-order valence-corrected chi connectivity index (χ4v) is 2.15. The van der Waals surface area contributed by atoms with Crippen LogP contribution in [-0.4, -0.2) is 19.9 Å². The fourth-order valence-electron chi connectivity index (χ4n) is 1.98. The Morgan fingerprint density at radius 1 is 1.30 bits per heavy atom. The van der Waals surface area contributed by atoms with Gasteiger partial charge < -0.3 is 15.5 Å².